The fourth-order valence-corrected chi connectivity index (χ4v) is 2.94. The number of ether oxygens (including phenoxy) is 1. The lowest BCUT2D eigenvalue weighted by Gasteiger charge is -2.32. The summed E-state index contributed by atoms with van der Waals surface area (Å²) in [6.45, 7) is 1.47. The van der Waals surface area contributed by atoms with Crippen molar-refractivity contribution >= 4 is 29.0 Å². The molecule has 0 saturated heterocycles. The molecule has 0 radical (unpaired) electrons. The van der Waals surface area contributed by atoms with Crippen LogP contribution in [0.4, 0.5) is 5.69 Å². The van der Waals surface area contributed by atoms with Gasteiger partial charge >= 0.3 is 5.97 Å². The van der Waals surface area contributed by atoms with Gasteiger partial charge in [-0.3, -0.25) is 0 Å². The molecule has 0 aromatic heterocycles. The number of aromatic carboxylic acids is 1. The molecule has 0 spiro atoms. The van der Waals surface area contributed by atoms with Crippen molar-refractivity contribution in [2.45, 2.75) is 13.0 Å². The van der Waals surface area contributed by atoms with Crippen LogP contribution in [0.3, 0.4) is 0 Å². The molecular formula is C18H18N2O3S. The number of methoxy groups -OCH3 is 1. The van der Waals surface area contributed by atoms with Gasteiger partial charge in [-0.05, 0) is 54.0 Å². The first-order valence-corrected chi connectivity index (χ1v) is 8.03. The van der Waals surface area contributed by atoms with Crippen LogP contribution in [0, 0.1) is 0 Å². The number of carboxylic acids is 1. The Kier molecular flexibility index (Phi) is 4.66. The van der Waals surface area contributed by atoms with Crippen molar-refractivity contribution in [1.29, 1.82) is 0 Å². The van der Waals surface area contributed by atoms with Gasteiger partial charge in [-0.25, -0.2) is 4.79 Å². The van der Waals surface area contributed by atoms with Crippen LogP contribution in [0.15, 0.2) is 42.5 Å². The van der Waals surface area contributed by atoms with Crippen molar-refractivity contribution < 1.29 is 14.6 Å². The van der Waals surface area contributed by atoms with Crippen LogP contribution in [0.25, 0.3) is 0 Å². The number of benzene rings is 2. The Morgan fingerprint density at radius 3 is 2.71 bits per heavy atom. The largest absolute Gasteiger partial charge is 0.497 e. The fourth-order valence-electron chi connectivity index (χ4n) is 2.67. The summed E-state index contributed by atoms with van der Waals surface area (Å²) in [4.78, 5) is 13.1. The number of hydrogen-bond acceptors (Lipinski definition) is 3. The SMILES string of the molecule is COc1ccc(CCN2Cc3ccc(C(=O)O)cc3NC2=S)cc1. The maximum absolute atomic E-state index is 11.1. The zero-order valence-electron chi connectivity index (χ0n) is 13.3. The Bertz CT molecular complexity index is 774. The molecule has 3 rings (SSSR count). The van der Waals surface area contributed by atoms with Crippen LogP contribution in [-0.4, -0.2) is 34.7 Å². The van der Waals surface area contributed by atoms with Gasteiger partial charge in [0.15, 0.2) is 5.11 Å². The molecule has 0 unspecified atom stereocenters. The first-order valence-electron chi connectivity index (χ1n) is 7.62. The second kappa shape index (κ2) is 6.88. The molecule has 0 saturated carbocycles. The summed E-state index contributed by atoms with van der Waals surface area (Å²) in [6, 6.07) is 13.1. The zero-order valence-corrected chi connectivity index (χ0v) is 14.1. The van der Waals surface area contributed by atoms with Crippen LogP contribution in [-0.2, 0) is 13.0 Å². The summed E-state index contributed by atoms with van der Waals surface area (Å²) in [6.07, 6.45) is 0.869. The Morgan fingerprint density at radius 1 is 1.29 bits per heavy atom. The van der Waals surface area contributed by atoms with Gasteiger partial charge in [-0.15, -0.1) is 0 Å². The van der Waals surface area contributed by atoms with E-state index < -0.39 is 5.97 Å². The van der Waals surface area contributed by atoms with E-state index >= 15 is 0 Å². The van der Waals surface area contributed by atoms with Crippen LogP contribution >= 0.6 is 12.2 Å². The first kappa shape index (κ1) is 16.3. The Hall–Kier alpha value is -2.60. The van der Waals surface area contributed by atoms with E-state index in [0.717, 1.165) is 30.0 Å². The second-order valence-corrected chi connectivity index (χ2v) is 6.01. The third-order valence-electron chi connectivity index (χ3n) is 4.08. The quantitative estimate of drug-likeness (QED) is 0.814. The van der Waals surface area contributed by atoms with Gasteiger partial charge in [-0.1, -0.05) is 18.2 Å². The highest BCUT2D eigenvalue weighted by molar-refractivity contribution is 7.80. The van der Waals surface area contributed by atoms with E-state index in [2.05, 4.69) is 10.2 Å². The average Bonchev–Trinajstić information content (AvgIpc) is 2.59. The molecule has 6 heteroatoms. The number of nitrogens with one attached hydrogen (secondary N) is 1. The van der Waals surface area contributed by atoms with Crippen molar-refractivity contribution in [2.75, 3.05) is 19.0 Å². The van der Waals surface area contributed by atoms with Gasteiger partial charge in [0.25, 0.3) is 0 Å². The van der Waals surface area contributed by atoms with E-state index in [1.54, 1.807) is 19.2 Å². The van der Waals surface area contributed by atoms with Crippen molar-refractivity contribution in [3.63, 3.8) is 0 Å². The summed E-state index contributed by atoms with van der Waals surface area (Å²) in [5.41, 5.74) is 3.30. The summed E-state index contributed by atoms with van der Waals surface area (Å²) in [7, 11) is 1.65. The normalized spacial score (nSPS) is 13.2. The number of hydrogen-bond donors (Lipinski definition) is 2. The maximum Gasteiger partial charge on any atom is 0.335 e. The van der Waals surface area contributed by atoms with Crippen molar-refractivity contribution in [3.05, 3.63) is 59.2 Å². The van der Waals surface area contributed by atoms with E-state index in [1.165, 1.54) is 5.56 Å². The molecule has 2 aromatic rings. The zero-order chi connectivity index (χ0) is 17.1. The summed E-state index contributed by atoms with van der Waals surface area (Å²) >= 11 is 5.41. The molecule has 1 heterocycles. The van der Waals surface area contributed by atoms with E-state index in [-0.39, 0.29) is 5.56 Å². The van der Waals surface area contributed by atoms with Gasteiger partial charge in [0, 0.05) is 18.8 Å². The van der Waals surface area contributed by atoms with Crippen LogP contribution in [0.1, 0.15) is 21.5 Å². The molecule has 0 amide bonds. The number of anilines is 1. The van der Waals surface area contributed by atoms with Crippen LogP contribution in [0.2, 0.25) is 0 Å². The third kappa shape index (κ3) is 3.49. The average molecular weight is 342 g/mol. The Morgan fingerprint density at radius 2 is 2.04 bits per heavy atom. The maximum atomic E-state index is 11.1. The molecule has 0 fully saturated rings. The van der Waals surface area contributed by atoms with Crippen molar-refractivity contribution in [3.8, 4) is 5.75 Å². The molecule has 124 valence electrons. The van der Waals surface area contributed by atoms with E-state index in [4.69, 9.17) is 22.1 Å². The molecule has 1 aliphatic heterocycles. The topological polar surface area (TPSA) is 61.8 Å². The molecule has 0 bridgehead atoms. The molecule has 2 aromatic carbocycles. The number of thiocarbonyl (C=S) groups is 1. The molecule has 2 N–H and O–H groups in total. The molecule has 0 atom stereocenters. The van der Waals surface area contributed by atoms with Crippen LogP contribution in [0.5, 0.6) is 5.75 Å². The Balaban J connectivity index is 1.67. The lowest BCUT2D eigenvalue weighted by molar-refractivity contribution is 0.0697. The second-order valence-electron chi connectivity index (χ2n) is 5.63. The number of fused-ring (bicyclic) bond motifs is 1. The number of carboxylic acid groups (broad SMARTS) is 1. The monoisotopic (exact) mass is 342 g/mol. The highest BCUT2D eigenvalue weighted by Gasteiger charge is 2.20. The predicted molar refractivity (Wildman–Crippen MR) is 96.7 cm³/mol. The van der Waals surface area contributed by atoms with Gasteiger partial charge < -0.3 is 20.1 Å². The summed E-state index contributed by atoms with van der Waals surface area (Å²) < 4.78 is 5.16. The van der Waals surface area contributed by atoms with E-state index in [0.29, 0.717) is 11.7 Å². The number of nitrogens with zero attached hydrogens (tertiary/aromatic N) is 1. The van der Waals surface area contributed by atoms with Gasteiger partial charge in [0.1, 0.15) is 5.75 Å². The molecular weight excluding hydrogens is 324 g/mol. The molecule has 5 nitrogen and oxygen atoms in total. The summed E-state index contributed by atoms with van der Waals surface area (Å²) in [5.74, 6) is -0.0930. The fraction of sp³-hybridized carbons (Fsp3) is 0.222. The highest BCUT2D eigenvalue weighted by Crippen LogP contribution is 2.25. The third-order valence-corrected chi connectivity index (χ3v) is 4.44. The standard InChI is InChI=1S/C18H18N2O3S/c1-23-15-6-2-12(3-7-15)8-9-20-11-14-5-4-13(17(21)22)10-16(14)19-18(20)24/h2-7,10H,8-9,11H2,1H3,(H,19,24)(H,21,22). The number of rotatable bonds is 5. The minimum atomic E-state index is -0.938. The lowest BCUT2D eigenvalue weighted by Crippen LogP contribution is -2.39. The van der Waals surface area contributed by atoms with Crippen LogP contribution < -0.4 is 10.1 Å². The molecule has 1 aliphatic rings. The molecule has 24 heavy (non-hydrogen) atoms. The van der Waals surface area contributed by atoms with Crippen molar-refractivity contribution in [1.82, 2.24) is 4.90 Å². The van der Waals surface area contributed by atoms with E-state index in [9.17, 15) is 4.79 Å². The molecule has 0 aliphatic carbocycles. The smallest absolute Gasteiger partial charge is 0.335 e. The minimum absolute atomic E-state index is 0.260. The highest BCUT2D eigenvalue weighted by atomic mass is 32.1. The van der Waals surface area contributed by atoms with E-state index in [1.807, 2.05) is 30.3 Å². The van der Waals surface area contributed by atoms with Crippen molar-refractivity contribution in [2.24, 2.45) is 0 Å². The van der Waals surface area contributed by atoms with Gasteiger partial charge in [0.05, 0.1) is 12.7 Å². The first-order chi connectivity index (χ1) is 11.6. The minimum Gasteiger partial charge on any atom is -0.497 e. The van der Waals surface area contributed by atoms with Gasteiger partial charge in [0.2, 0.25) is 0 Å². The summed E-state index contributed by atoms with van der Waals surface area (Å²) in [5, 5.41) is 12.8. The Labute approximate surface area is 145 Å². The van der Waals surface area contributed by atoms with Gasteiger partial charge in [-0.2, -0.15) is 0 Å². The predicted octanol–water partition coefficient (Wildman–Crippen LogP) is 3.15. The lowest BCUT2D eigenvalue weighted by atomic mass is 10.1. The number of carbonyl (C=O) groups is 1.